The zero-order chi connectivity index (χ0) is 15.5. The first-order chi connectivity index (χ1) is 9.87. The molecule has 1 heterocycles. The third-order valence-electron chi connectivity index (χ3n) is 2.82. The van der Waals surface area contributed by atoms with Crippen molar-refractivity contribution in [1.82, 2.24) is 9.29 Å². The van der Waals surface area contributed by atoms with Gasteiger partial charge in [0.2, 0.25) is 0 Å². The molecule has 0 spiro atoms. The number of nitrogens with zero attached hydrogens (tertiary/aromatic N) is 2. The highest BCUT2D eigenvalue weighted by Gasteiger charge is 2.13. The summed E-state index contributed by atoms with van der Waals surface area (Å²) in [4.78, 5) is 4.08. The molecule has 7 heteroatoms. The minimum atomic E-state index is -3.53. The summed E-state index contributed by atoms with van der Waals surface area (Å²) in [6.07, 6.45) is 1.58. The Bertz CT molecular complexity index is 695. The van der Waals surface area contributed by atoms with Crippen molar-refractivity contribution >= 4 is 27.4 Å². The SMILES string of the molecule is Cc1ccc(Nc2ccc(NS(=O)(=O)N(C)C)nc2)cc1. The molecule has 0 radical (unpaired) electrons. The molecule has 0 saturated carbocycles. The number of hydrogen-bond acceptors (Lipinski definition) is 4. The molecule has 0 bridgehead atoms. The van der Waals surface area contributed by atoms with Gasteiger partial charge in [-0.2, -0.15) is 12.7 Å². The van der Waals surface area contributed by atoms with E-state index >= 15 is 0 Å². The monoisotopic (exact) mass is 306 g/mol. The fourth-order valence-electron chi connectivity index (χ4n) is 1.56. The second-order valence-corrected chi connectivity index (χ2v) is 6.70. The predicted octanol–water partition coefficient (Wildman–Crippen LogP) is 2.35. The van der Waals surface area contributed by atoms with E-state index in [0.29, 0.717) is 0 Å². The Kier molecular flexibility index (Phi) is 4.44. The second kappa shape index (κ2) is 6.11. The van der Waals surface area contributed by atoms with E-state index in [1.165, 1.54) is 19.7 Å². The minimum absolute atomic E-state index is 0.276. The summed E-state index contributed by atoms with van der Waals surface area (Å²) >= 11 is 0. The Labute approximate surface area is 125 Å². The molecule has 0 aliphatic rings. The molecule has 1 aromatic heterocycles. The van der Waals surface area contributed by atoms with E-state index < -0.39 is 10.2 Å². The van der Waals surface area contributed by atoms with Crippen LogP contribution in [-0.4, -0.2) is 31.8 Å². The fraction of sp³-hybridized carbons (Fsp3) is 0.214. The number of rotatable bonds is 5. The van der Waals surface area contributed by atoms with Gasteiger partial charge in [-0.05, 0) is 31.2 Å². The number of aryl methyl sites for hydroxylation is 1. The van der Waals surface area contributed by atoms with Gasteiger partial charge in [0.15, 0.2) is 0 Å². The van der Waals surface area contributed by atoms with Crippen LogP contribution < -0.4 is 10.0 Å². The van der Waals surface area contributed by atoms with Crippen molar-refractivity contribution in [1.29, 1.82) is 0 Å². The zero-order valence-corrected chi connectivity index (χ0v) is 13.0. The quantitative estimate of drug-likeness (QED) is 0.889. The van der Waals surface area contributed by atoms with Gasteiger partial charge in [-0.15, -0.1) is 0 Å². The molecule has 0 aliphatic carbocycles. The van der Waals surface area contributed by atoms with E-state index in [1.807, 2.05) is 31.2 Å². The standard InChI is InChI=1S/C14H18N4O2S/c1-11-4-6-12(7-5-11)16-13-8-9-14(15-10-13)17-21(19,20)18(2)3/h4-10,16H,1-3H3,(H,15,17). The van der Waals surface area contributed by atoms with Gasteiger partial charge in [-0.1, -0.05) is 17.7 Å². The summed E-state index contributed by atoms with van der Waals surface area (Å²) < 4.78 is 26.8. The molecule has 1 aromatic carbocycles. The summed E-state index contributed by atoms with van der Waals surface area (Å²) in [6, 6.07) is 11.3. The van der Waals surface area contributed by atoms with Crippen LogP contribution in [0, 0.1) is 6.92 Å². The van der Waals surface area contributed by atoms with E-state index in [-0.39, 0.29) is 5.82 Å². The molecule has 0 fully saturated rings. The number of nitrogens with one attached hydrogen (secondary N) is 2. The number of benzene rings is 1. The Hall–Kier alpha value is -2.12. The van der Waals surface area contributed by atoms with Gasteiger partial charge >= 0.3 is 10.2 Å². The van der Waals surface area contributed by atoms with Crippen LogP contribution in [-0.2, 0) is 10.2 Å². The summed E-state index contributed by atoms with van der Waals surface area (Å²) in [5.74, 6) is 0.276. The lowest BCUT2D eigenvalue weighted by molar-refractivity contribution is 0.526. The molecule has 0 unspecified atom stereocenters. The third kappa shape index (κ3) is 4.17. The van der Waals surface area contributed by atoms with Crippen LogP contribution >= 0.6 is 0 Å². The summed E-state index contributed by atoms with van der Waals surface area (Å²) in [6.45, 7) is 2.02. The first kappa shape index (κ1) is 15.3. The lowest BCUT2D eigenvalue weighted by atomic mass is 10.2. The normalized spacial score (nSPS) is 11.4. The maximum absolute atomic E-state index is 11.7. The van der Waals surface area contributed by atoms with Crippen molar-refractivity contribution in [2.75, 3.05) is 24.1 Å². The summed E-state index contributed by atoms with van der Waals surface area (Å²) in [7, 11) is -0.619. The molecule has 112 valence electrons. The van der Waals surface area contributed by atoms with Crippen molar-refractivity contribution in [2.24, 2.45) is 0 Å². The first-order valence-corrected chi connectivity index (χ1v) is 7.81. The van der Waals surface area contributed by atoms with Crippen LogP contribution in [0.2, 0.25) is 0 Å². The Morgan fingerprint density at radius 1 is 1.00 bits per heavy atom. The highest BCUT2D eigenvalue weighted by Crippen LogP contribution is 2.18. The minimum Gasteiger partial charge on any atom is -0.354 e. The van der Waals surface area contributed by atoms with Crippen molar-refractivity contribution < 1.29 is 8.42 Å². The predicted molar refractivity (Wildman–Crippen MR) is 84.9 cm³/mol. The second-order valence-electron chi connectivity index (χ2n) is 4.81. The van der Waals surface area contributed by atoms with Crippen molar-refractivity contribution in [2.45, 2.75) is 6.92 Å². The van der Waals surface area contributed by atoms with Gasteiger partial charge in [0.1, 0.15) is 5.82 Å². The van der Waals surface area contributed by atoms with Crippen LogP contribution in [0.3, 0.4) is 0 Å². The lowest BCUT2D eigenvalue weighted by Gasteiger charge is -2.13. The van der Waals surface area contributed by atoms with Gasteiger partial charge < -0.3 is 5.32 Å². The average Bonchev–Trinajstić information content (AvgIpc) is 2.43. The number of pyridine rings is 1. The van der Waals surface area contributed by atoms with Crippen molar-refractivity contribution in [3.8, 4) is 0 Å². The van der Waals surface area contributed by atoms with Gasteiger partial charge in [0, 0.05) is 19.8 Å². The molecular formula is C14H18N4O2S. The van der Waals surface area contributed by atoms with E-state index in [2.05, 4.69) is 15.0 Å². The number of aromatic nitrogens is 1. The van der Waals surface area contributed by atoms with Crippen LogP contribution in [0.1, 0.15) is 5.56 Å². The smallest absolute Gasteiger partial charge is 0.302 e. The molecule has 0 atom stereocenters. The van der Waals surface area contributed by atoms with E-state index in [4.69, 9.17) is 0 Å². The average molecular weight is 306 g/mol. The molecule has 0 saturated heterocycles. The third-order valence-corrected chi connectivity index (χ3v) is 4.25. The zero-order valence-electron chi connectivity index (χ0n) is 12.2. The van der Waals surface area contributed by atoms with Gasteiger partial charge in [-0.25, -0.2) is 4.98 Å². The van der Waals surface area contributed by atoms with Crippen molar-refractivity contribution in [3.05, 3.63) is 48.2 Å². The lowest BCUT2D eigenvalue weighted by Crippen LogP contribution is -2.29. The number of hydrogen-bond donors (Lipinski definition) is 2. The Balaban J connectivity index is 2.07. The van der Waals surface area contributed by atoms with Crippen LogP contribution in [0.25, 0.3) is 0 Å². The molecule has 2 aromatic rings. The first-order valence-electron chi connectivity index (χ1n) is 6.37. The highest BCUT2D eigenvalue weighted by molar-refractivity contribution is 7.90. The largest absolute Gasteiger partial charge is 0.354 e. The van der Waals surface area contributed by atoms with Crippen LogP contribution in [0.4, 0.5) is 17.2 Å². The van der Waals surface area contributed by atoms with Crippen LogP contribution in [0.5, 0.6) is 0 Å². The Morgan fingerprint density at radius 2 is 1.62 bits per heavy atom. The van der Waals surface area contributed by atoms with Gasteiger partial charge in [0.25, 0.3) is 0 Å². The molecule has 21 heavy (non-hydrogen) atoms. The van der Waals surface area contributed by atoms with Crippen LogP contribution in [0.15, 0.2) is 42.6 Å². The van der Waals surface area contributed by atoms with E-state index in [0.717, 1.165) is 15.7 Å². The van der Waals surface area contributed by atoms with Gasteiger partial charge in [0.05, 0.1) is 11.9 Å². The van der Waals surface area contributed by atoms with E-state index in [1.54, 1.807) is 18.3 Å². The molecule has 0 amide bonds. The van der Waals surface area contributed by atoms with Gasteiger partial charge in [-0.3, -0.25) is 4.72 Å². The number of anilines is 3. The molecule has 2 N–H and O–H groups in total. The Morgan fingerprint density at radius 3 is 2.14 bits per heavy atom. The van der Waals surface area contributed by atoms with E-state index in [9.17, 15) is 8.42 Å². The highest BCUT2D eigenvalue weighted by atomic mass is 32.2. The summed E-state index contributed by atoms with van der Waals surface area (Å²) in [5, 5.41) is 3.19. The maximum atomic E-state index is 11.7. The molecule has 0 aliphatic heterocycles. The topological polar surface area (TPSA) is 74.3 Å². The fourth-order valence-corrected chi connectivity index (χ4v) is 2.12. The molecule has 2 rings (SSSR count). The summed E-state index contributed by atoms with van der Waals surface area (Å²) in [5.41, 5.74) is 2.92. The maximum Gasteiger partial charge on any atom is 0.302 e. The molecule has 6 nitrogen and oxygen atoms in total. The van der Waals surface area contributed by atoms with Crippen molar-refractivity contribution in [3.63, 3.8) is 0 Å². The molecular weight excluding hydrogens is 288 g/mol.